The third-order valence-electron chi connectivity index (χ3n) is 2.67. The van der Waals surface area contributed by atoms with Gasteiger partial charge >= 0.3 is 0 Å². The predicted molar refractivity (Wildman–Crippen MR) is 73.5 cm³/mol. The molecule has 0 aromatic carbocycles. The summed E-state index contributed by atoms with van der Waals surface area (Å²) >= 11 is 0. The number of nitrogens with zero attached hydrogens (tertiary/aromatic N) is 2. The summed E-state index contributed by atoms with van der Waals surface area (Å²) in [7, 11) is 3.94. The maximum atomic E-state index is 12.7. The molecule has 1 unspecified atom stereocenters. The lowest BCUT2D eigenvalue weighted by atomic mass is 10.0. The van der Waals surface area contributed by atoms with Crippen molar-refractivity contribution < 1.29 is 9.18 Å². The summed E-state index contributed by atoms with van der Waals surface area (Å²) in [6, 6.07) is 2.71. The zero-order chi connectivity index (χ0) is 14.4. The lowest BCUT2D eigenvalue weighted by Gasteiger charge is -2.23. The molecular formula is C14H22FN3O. The first-order valence-electron chi connectivity index (χ1n) is 6.45. The second-order valence-corrected chi connectivity index (χ2v) is 5.43. The van der Waals surface area contributed by atoms with Gasteiger partial charge in [-0.05, 0) is 38.6 Å². The molecule has 0 aliphatic rings. The molecule has 1 amide bonds. The number of nitrogens with one attached hydrogen (secondary N) is 1. The van der Waals surface area contributed by atoms with Gasteiger partial charge in [0, 0.05) is 18.8 Å². The standard InChI is InChI=1S/C14H22FN3O/c1-10(2)7-12(9-18(3)4)17-14(19)11-5-6-13(15)16-8-11/h5-6,8,10,12H,7,9H2,1-4H3,(H,17,19). The first-order chi connectivity index (χ1) is 8.88. The zero-order valence-corrected chi connectivity index (χ0v) is 12.0. The third-order valence-corrected chi connectivity index (χ3v) is 2.67. The largest absolute Gasteiger partial charge is 0.348 e. The number of likely N-dealkylation sites (N-methyl/N-ethyl adjacent to an activating group) is 1. The summed E-state index contributed by atoms with van der Waals surface area (Å²) in [4.78, 5) is 17.6. The molecule has 5 heteroatoms. The van der Waals surface area contributed by atoms with E-state index in [2.05, 4.69) is 24.1 Å². The molecule has 0 aliphatic carbocycles. The number of hydrogen-bond donors (Lipinski definition) is 1. The number of rotatable bonds is 6. The molecule has 4 nitrogen and oxygen atoms in total. The normalized spacial score (nSPS) is 12.8. The van der Waals surface area contributed by atoms with Crippen LogP contribution in [0.5, 0.6) is 0 Å². The minimum atomic E-state index is -0.580. The van der Waals surface area contributed by atoms with Crippen molar-refractivity contribution in [3.8, 4) is 0 Å². The molecule has 1 aromatic heterocycles. The molecular weight excluding hydrogens is 245 g/mol. The van der Waals surface area contributed by atoms with Gasteiger partial charge in [0.2, 0.25) is 5.95 Å². The van der Waals surface area contributed by atoms with Crippen LogP contribution in [-0.4, -0.2) is 42.5 Å². The Balaban J connectivity index is 2.66. The number of carbonyl (C=O) groups is 1. The van der Waals surface area contributed by atoms with E-state index in [1.807, 2.05) is 19.0 Å². The third kappa shape index (κ3) is 5.79. The van der Waals surface area contributed by atoms with Crippen LogP contribution in [0.15, 0.2) is 18.3 Å². The van der Waals surface area contributed by atoms with E-state index in [9.17, 15) is 9.18 Å². The molecule has 1 atom stereocenters. The van der Waals surface area contributed by atoms with Crippen molar-refractivity contribution in [1.82, 2.24) is 15.2 Å². The quantitative estimate of drug-likeness (QED) is 0.801. The average molecular weight is 267 g/mol. The van der Waals surface area contributed by atoms with Crippen LogP contribution >= 0.6 is 0 Å². The monoisotopic (exact) mass is 267 g/mol. The molecule has 0 fully saturated rings. The minimum Gasteiger partial charge on any atom is -0.348 e. The Morgan fingerprint density at radius 1 is 1.42 bits per heavy atom. The summed E-state index contributed by atoms with van der Waals surface area (Å²) < 4.78 is 12.7. The fraction of sp³-hybridized carbons (Fsp3) is 0.571. The highest BCUT2D eigenvalue weighted by Gasteiger charge is 2.16. The molecule has 0 radical (unpaired) electrons. The van der Waals surface area contributed by atoms with Crippen molar-refractivity contribution in [2.75, 3.05) is 20.6 Å². The van der Waals surface area contributed by atoms with E-state index in [-0.39, 0.29) is 11.9 Å². The van der Waals surface area contributed by atoms with E-state index in [4.69, 9.17) is 0 Å². The second kappa shape index (κ2) is 7.19. The first-order valence-corrected chi connectivity index (χ1v) is 6.45. The Bertz CT molecular complexity index is 394. The van der Waals surface area contributed by atoms with Gasteiger partial charge in [-0.3, -0.25) is 4.79 Å². The van der Waals surface area contributed by atoms with E-state index >= 15 is 0 Å². The average Bonchev–Trinajstić information content (AvgIpc) is 2.27. The van der Waals surface area contributed by atoms with Gasteiger partial charge in [-0.1, -0.05) is 13.8 Å². The van der Waals surface area contributed by atoms with E-state index in [1.54, 1.807) is 0 Å². The molecule has 1 heterocycles. The number of halogens is 1. The number of hydrogen-bond acceptors (Lipinski definition) is 3. The van der Waals surface area contributed by atoms with Crippen LogP contribution in [0, 0.1) is 11.9 Å². The minimum absolute atomic E-state index is 0.0764. The van der Waals surface area contributed by atoms with Crippen molar-refractivity contribution in [2.45, 2.75) is 26.3 Å². The topological polar surface area (TPSA) is 45.2 Å². The summed E-state index contributed by atoms with van der Waals surface area (Å²) in [5.41, 5.74) is 0.383. The van der Waals surface area contributed by atoms with Crippen molar-refractivity contribution in [2.24, 2.45) is 5.92 Å². The second-order valence-electron chi connectivity index (χ2n) is 5.43. The highest BCUT2D eigenvalue weighted by atomic mass is 19.1. The SMILES string of the molecule is CC(C)CC(CN(C)C)NC(=O)c1ccc(F)nc1. The van der Waals surface area contributed by atoms with Crippen LogP contribution in [0.25, 0.3) is 0 Å². The predicted octanol–water partition coefficient (Wildman–Crippen LogP) is 1.93. The molecule has 1 rings (SSSR count). The van der Waals surface area contributed by atoms with E-state index in [0.717, 1.165) is 13.0 Å². The van der Waals surface area contributed by atoms with Crippen molar-refractivity contribution >= 4 is 5.91 Å². The number of pyridine rings is 1. The zero-order valence-electron chi connectivity index (χ0n) is 12.0. The van der Waals surface area contributed by atoms with Gasteiger partial charge in [-0.2, -0.15) is 4.39 Å². The molecule has 0 saturated carbocycles. The molecule has 0 saturated heterocycles. The fourth-order valence-corrected chi connectivity index (χ4v) is 1.97. The van der Waals surface area contributed by atoms with Crippen LogP contribution in [0.2, 0.25) is 0 Å². The van der Waals surface area contributed by atoms with Crippen LogP contribution in [-0.2, 0) is 0 Å². The first kappa shape index (κ1) is 15.6. The van der Waals surface area contributed by atoms with Gasteiger partial charge in [-0.25, -0.2) is 4.98 Å². The summed E-state index contributed by atoms with van der Waals surface area (Å²) in [6.07, 6.45) is 2.16. The summed E-state index contributed by atoms with van der Waals surface area (Å²) in [5.74, 6) is -0.292. The smallest absolute Gasteiger partial charge is 0.253 e. The number of carbonyl (C=O) groups excluding carboxylic acids is 1. The van der Waals surface area contributed by atoms with Gasteiger partial charge in [0.15, 0.2) is 0 Å². The van der Waals surface area contributed by atoms with E-state index in [1.165, 1.54) is 18.3 Å². The highest BCUT2D eigenvalue weighted by Crippen LogP contribution is 2.07. The van der Waals surface area contributed by atoms with Gasteiger partial charge in [0.05, 0.1) is 5.56 Å². The lowest BCUT2D eigenvalue weighted by Crippen LogP contribution is -2.42. The van der Waals surface area contributed by atoms with Crippen LogP contribution < -0.4 is 5.32 Å². The lowest BCUT2D eigenvalue weighted by molar-refractivity contribution is 0.0924. The molecule has 1 aromatic rings. The summed E-state index contributed by atoms with van der Waals surface area (Å²) in [5, 5.41) is 2.97. The van der Waals surface area contributed by atoms with Gasteiger partial charge in [0.25, 0.3) is 5.91 Å². The van der Waals surface area contributed by atoms with Crippen molar-refractivity contribution in [3.63, 3.8) is 0 Å². The maximum absolute atomic E-state index is 12.7. The van der Waals surface area contributed by atoms with Gasteiger partial charge in [-0.15, -0.1) is 0 Å². The van der Waals surface area contributed by atoms with Crippen LogP contribution in [0.1, 0.15) is 30.6 Å². The highest BCUT2D eigenvalue weighted by molar-refractivity contribution is 5.94. The summed E-state index contributed by atoms with van der Waals surface area (Å²) in [6.45, 7) is 5.01. The molecule has 106 valence electrons. The maximum Gasteiger partial charge on any atom is 0.253 e. The molecule has 0 aliphatic heterocycles. The number of amides is 1. The van der Waals surface area contributed by atoms with Crippen molar-refractivity contribution in [3.05, 3.63) is 29.8 Å². The molecule has 19 heavy (non-hydrogen) atoms. The molecule has 0 spiro atoms. The van der Waals surface area contributed by atoms with Gasteiger partial charge in [0.1, 0.15) is 0 Å². The Kier molecular flexibility index (Phi) is 5.89. The van der Waals surface area contributed by atoms with Crippen LogP contribution in [0.4, 0.5) is 4.39 Å². The Labute approximate surface area is 114 Å². The Morgan fingerprint density at radius 3 is 2.58 bits per heavy atom. The number of aromatic nitrogens is 1. The molecule has 1 N–H and O–H groups in total. The van der Waals surface area contributed by atoms with Crippen molar-refractivity contribution in [1.29, 1.82) is 0 Å². The Morgan fingerprint density at radius 2 is 2.11 bits per heavy atom. The van der Waals surface area contributed by atoms with Gasteiger partial charge < -0.3 is 10.2 Å². The van der Waals surface area contributed by atoms with E-state index in [0.29, 0.717) is 11.5 Å². The van der Waals surface area contributed by atoms with Crippen LogP contribution in [0.3, 0.4) is 0 Å². The Hall–Kier alpha value is -1.49. The molecule has 0 bridgehead atoms. The van der Waals surface area contributed by atoms with E-state index < -0.39 is 5.95 Å². The fourth-order valence-electron chi connectivity index (χ4n) is 1.97.